The van der Waals surface area contributed by atoms with Crippen molar-refractivity contribution < 1.29 is 32.2 Å². The van der Waals surface area contributed by atoms with Crippen LogP contribution in [0.15, 0.2) is 47.8 Å². The third kappa shape index (κ3) is 4.75. The van der Waals surface area contributed by atoms with Crippen LogP contribution < -0.4 is 19.5 Å². The van der Waals surface area contributed by atoms with E-state index in [-0.39, 0.29) is 23.1 Å². The zero-order chi connectivity index (χ0) is 23.3. The van der Waals surface area contributed by atoms with Crippen molar-refractivity contribution in [2.75, 3.05) is 26.6 Å². The number of aromatic nitrogens is 4. The molecule has 0 aliphatic rings. The molecular formula is C18H18N6O7S. The van der Waals surface area contributed by atoms with Crippen molar-refractivity contribution in [3.8, 4) is 17.4 Å². The van der Waals surface area contributed by atoms with E-state index in [1.165, 1.54) is 38.6 Å². The van der Waals surface area contributed by atoms with Gasteiger partial charge in [-0.15, -0.1) is 0 Å². The summed E-state index contributed by atoms with van der Waals surface area (Å²) in [5, 5.41) is 5.55. The highest BCUT2D eigenvalue weighted by molar-refractivity contribution is 7.90. The van der Waals surface area contributed by atoms with Gasteiger partial charge < -0.3 is 14.2 Å². The molecule has 0 saturated carbocycles. The molecule has 2 amide bonds. The van der Waals surface area contributed by atoms with Crippen LogP contribution in [0, 0.1) is 0 Å². The number of methoxy groups -OCH3 is 3. The Balaban J connectivity index is 1.95. The lowest BCUT2D eigenvalue weighted by molar-refractivity contribution is 0.0596. The van der Waals surface area contributed by atoms with E-state index in [0.717, 1.165) is 18.0 Å². The van der Waals surface area contributed by atoms with Crippen LogP contribution >= 0.6 is 0 Å². The summed E-state index contributed by atoms with van der Waals surface area (Å²) in [6, 6.07) is 6.35. The number of sulfonamides is 1. The first-order valence-electron chi connectivity index (χ1n) is 8.80. The Hall–Kier alpha value is -4.20. The largest absolute Gasteiger partial charge is 0.496 e. The van der Waals surface area contributed by atoms with Gasteiger partial charge in [-0.3, -0.25) is 5.32 Å². The molecule has 0 radical (unpaired) electrons. The van der Waals surface area contributed by atoms with Crippen molar-refractivity contribution in [1.29, 1.82) is 0 Å². The van der Waals surface area contributed by atoms with Crippen LogP contribution in [0.5, 0.6) is 11.6 Å². The molecule has 0 atom stereocenters. The SMILES string of the molecule is COC(=O)c1cnn(-c2ccccn2)c1S(=O)(=O)NC(=O)Nc1cc(OC)cc(OC)n1. The highest BCUT2D eigenvalue weighted by atomic mass is 32.2. The van der Waals surface area contributed by atoms with Gasteiger partial charge in [-0.25, -0.2) is 24.0 Å². The van der Waals surface area contributed by atoms with Crippen molar-refractivity contribution in [1.82, 2.24) is 24.5 Å². The van der Waals surface area contributed by atoms with Crippen molar-refractivity contribution >= 4 is 27.8 Å². The standard InChI is InChI=1S/C18H18N6O7S/c1-29-11-8-13(21-15(9-11)30-2)22-18(26)23-32(27,28)16-12(17(25)31-3)10-20-24(16)14-6-4-5-7-19-14/h4-10H,1-3H3,(H2,21,22,23,26). The molecule has 0 spiro atoms. The number of carbonyl (C=O) groups is 2. The van der Waals surface area contributed by atoms with E-state index < -0.39 is 27.0 Å². The van der Waals surface area contributed by atoms with Gasteiger partial charge in [-0.1, -0.05) is 6.07 Å². The van der Waals surface area contributed by atoms with Gasteiger partial charge in [0, 0.05) is 18.3 Å². The Morgan fingerprint density at radius 1 is 1.09 bits per heavy atom. The maximum absolute atomic E-state index is 13.0. The Bertz CT molecular complexity index is 1220. The van der Waals surface area contributed by atoms with E-state index in [2.05, 4.69) is 25.1 Å². The second-order valence-electron chi connectivity index (χ2n) is 5.95. The van der Waals surface area contributed by atoms with E-state index in [0.29, 0.717) is 5.75 Å². The molecule has 168 valence electrons. The molecule has 32 heavy (non-hydrogen) atoms. The van der Waals surface area contributed by atoms with Gasteiger partial charge in [-0.05, 0) is 12.1 Å². The Morgan fingerprint density at radius 3 is 2.50 bits per heavy atom. The number of pyridine rings is 2. The van der Waals surface area contributed by atoms with E-state index in [9.17, 15) is 18.0 Å². The number of amides is 2. The summed E-state index contributed by atoms with van der Waals surface area (Å²) in [7, 11) is -0.779. The molecule has 0 saturated heterocycles. The zero-order valence-electron chi connectivity index (χ0n) is 17.1. The summed E-state index contributed by atoms with van der Waals surface area (Å²) in [4.78, 5) is 32.6. The summed E-state index contributed by atoms with van der Waals surface area (Å²) in [6.07, 6.45) is 2.41. The molecule has 0 aromatic carbocycles. The minimum atomic E-state index is -4.62. The highest BCUT2D eigenvalue weighted by Crippen LogP contribution is 2.23. The van der Waals surface area contributed by atoms with E-state index >= 15 is 0 Å². The van der Waals surface area contributed by atoms with Crippen LogP contribution in [0.3, 0.4) is 0 Å². The lowest BCUT2D eigenvalue weighted by atomic mass is 10.4. The number of esters is 1. The van der Waals surface area contributed by atoms with Crippen LogP contribution in [0.25, 0.3) is 5.82 Å². The zero-order valence-corrected chi connectivity index (χ0v) is 17.9. The Kier molecular flexibility index (Phi) is 6.53. The van der Waals surface area contributed by atoms with Crippen LogP contribution in [-0.2, 0) is 14.8 Å². The lowest BCUT2D eigenvalue weighted by Crippen LogP contribution is -2.36. The fourth-order valence-electron chi connectivity index (χ4n) is 2.57. The second-order valence-corrected chi connectivity index (χ2v) is 7.55. The van der Waals surface area contributed by atoms with Gasteiger partial charge in [0.25, 0.3) is 10.0 Å². The van der Waals surface area contributed by atoms with Crippen LogP contribution in [-0.4, -0.2) is 61.5 Å². The first-order chi connectivity index (χ1) is 15.3. The van der Waals surface area contributed by atoms with Gasteiger partial charge in [-0.2, -0.15) is 18.5 Å². The highest BCUT2D eigenvalue weighted by Gasteiger charge is 2.31. The summed E-state index contributed by atoms with van der Waals surface area (Å²) in [6.45, 7) is 0. The number of carbonyl (C=O) groups excluding carboxylic acids is 2. The fraction of sp³-hybridized carbons (Fsp3) is 0.167. The van der Waals surface area contributed by atoms with E-state index in [4.69, 9.17) is 9.47 Å². The Morgan fingerprint density at radius 2 is 1.88 bits per heavy atom. The molecule has 0 aliphatic carbocycles. The van der Waals surface area contributed by atoms with Crippen LogP contribution in [0.4, 0.5) is 10.6 Å². The quantitative estimate of drug-likeness (QED) is 0.484. The van der Waals surface area contributed by atoms with Gasteiger partial charge in [0.15, 0.2) is 10.8 Å². The molecule has 0 unspecified atom stereocenters. The molecule has 3 heterocycles. The summed E-state index contributed by atoms with van der Waals surface area (Å²) < 4.78 is 43.5. The van der Waals surface area contributed by atoms with Crippen molar-refractivity contribution in [2.24, 2.45) is 0 Å². The third-order valence-corrected chi connectivity index (χ3v) is 5.30. The number of nitrogens with zero attached hydrogens (tertiary/aromatic N) is 4. The normalized spacial score (nSPS) is 10.8. The number of hydrogen-bond acceptors (Lipinski definition) is 10. The Labute approximate surface area is 182 Å². The maximum Gasteiger partial charge on any atom is 0.342 e. The minimum Gasteiger partial charge on any atom is -0.496 e. The molecular weight excluding hydrogens is 444 g/mol. The molecule has 3 aromatic rings. The monoisotopic (exact) mass is 462 g/mol. The van der Waals surface area contributed by atoms with Gasteiger partial charge in [0.2, 0.25) is 5.88 Å². The molecule has 13 nitrogen and oxygen atoms in total. The van der Waals surface area contributed by atoms with E-state index in [1.807, 2.05) is 4.72 Å². The first-order valence-corrected chi connectivity index (χ1v) is 10.3. The topological polar surface area (TPSA) is 164 Å². The smallest absolute Gasteiger partial charge is 0.342 e. The molecule has 14 heteroatoms. The van der Waals surface area contributed by atoms with Crippen molar-refractivity contribution in [3.63, 3.8) is 0 Å². The number of ether oxygens (including phenoxy) is 3. The number of anilines is 1. The predicted molar refractivity (Wildman–Crippen MR) is 109 cm³/mol. The van der Waals surface area contributed by atoms with Crippen molar-refractivity contribution in [2.45, 2.75) is 5.03 Å². The number of urea groups is 1. The molecule has 2 N–H and O–H groups in total. The second kappa shape index (κ2) is 9.30. The van der Waals surface area contributed by atoms with E-state index in [1.54, 1.807) is 12.1 Å². The maximum atomic E-state index is 13.0. The molecule has 0 fully saturated rings. The average Bonchev–Trinajstić information content (AvgIpc) is 3.24. The summed E-state index contributed by atoms with van der Waals surface area (Å²) >= 11 is 0. The summed E-state index contributed by atoms with van der Waals surface area (Å²) in [5.41, 5.74) is -0.389. The van der Waals surface area contributed by atoms with Crippen LogP contribution in [0.2, 0.25) is 0 Å². The first kappa shape index (κ1) is 22.5. The average molecular weight is 462 g/mol. The number of nitrogens with one attached hydrogen (secondary N) is 2. The number of rotatable bonds is 7. The van der Waals surface area contributed by atoms with Gasteiger partial charge in [0.1, 0.15) is 17.1 Å². The minimum absolute atomic E-state index is 0.0414. The molecule has 0 aliphatic heterocycles. The predicted octanol–water partition coefficient (Wildman–Crippen LogP) is 0.976. The lowest BCUT2D eigenvalue weighted by Gasteiger charge is -2.12. The third-order valence-electron chi connectivity index (χ3n) is 3.94. The van der Waals surface area contributed by atoms with Crippen molar-refractivity contribution in [3.05, 3.63) is 48.3 Å². The van der Waals surface area contributed by atoms with Gasteiger partial charge in [0.05, 0.1) is 27.5 Å². The summed E-state index contributed by atoms with van der Waals surface area (Å²) in [5.74, 6) is -0.463. The number of hydrogen-bond donors (Lipinski definition) is 2. The molecule has 3 rings (SSSR count). The molecule has 3 aromatic heterocycles. The fourth-order valence-corrected chi connectivity index (χ4v) is 3.75. The van der Waals surface area contributed by atoms with Gasteiger partial charge >= 0.3 is 12.0 Å². The van der Waals surface area contributed by atoms with Crippen LogP contribution in [0.1, 0.15) is 10.4 Å². The molecule has 0 bridgehead atoms.